The highest BCUT2D eigenvalue weighted by Crippen LogP contribution is 2.25. The lowest BCUT2D eigenvalue weighted by Crippen LogP contribution is -2.21. The van der Waals surface area contributed by atoms with Crippen LogP contribution in [0.2, 0.25) is 0 Å². The van der Waals surface area contributed by atoms with E-state index in [2.05, 4.69) is 13.8 Å². The average molecular weight is 145 g/mol. The average Bonchev–Trinajstić information content (AvgIpc) is 2.00. The van der Waals surface area contributed by atoms with E-state index in [1.807, 2.05) is 0 Å². The molecule has 3 N–H and O–H groups in total. The molecule has 0 aliphatic carbocycles. The van der Waals surface area contributed by atoms with Crippen LogP contribution >= 0.6 is 0 Å². The summed E-state index contributed by atoms with van der Waals surface area (Å²) in [6.07, 6.45) is 3.09. The number of hydrogen-bond acceptors (Lipinski definition) is 2. The van der Waals surface area contributed by atoms with Gasteiger partial charge in [0.15, 0.2) is 0 Å². The van der Waals surface area contributed by atoms with Crippen molar-refractivity contribution >= 4 is 0 Å². The van der Waals surface area contributed by atoms with Crippen molar-refractivity contribution in [2.45, 2.75) is 33.1 Å². The standard InChI is InChI=1S/C8H19NO/c1-3-8(2,7-10)5-4-6-9/h10H,3-7,9H2,1-2H3. The van der Waals surface area contributed by atoms with Gasteiger partial charge in [-0.2, -0.15) is 0 Å². The molecule has 0 saturated carbocycles. The molecule has 62 valence electrons. The highest BCUT2D eigenvalue weighted by molar-refractivity contribution is 4.70. The van der Waals surface area contributed by atoms with Gasteiger partial charge in [-0.25, -0.2) is 0 Å². The summed E-state index contributed by atoms with van der Waals surface area (Å²) < 4.78 is 0. The van der Waals surface area contributed by atoms with Crippen LogP contribution in [0.25, 0.3) is 0 Å². The molecule has 2 nitrogen and oxygen atoms in total. The number of aliphatic hydroxyl groups excluding tert-OH is 1. The first-order chi connectivity index (χ1) is 4.68. The minimum absolute atomic E-state index is 0.110. The van der Waals surface area contributed by atoms with Crippen LogP contribution in [0.5, 0.6) is 0 Å². The smallest absolute Gasteiger partial charge is 0.0484 e. The van der Waals surface area contributed by atoms with Crippen LogP contribution in [0.4, 0.5) is 0 Å². The fraction of sp³-hybridized carbons (Fsp3) is 1.00. The maximum Gasteiger partial charge on any atom is 0.0484 e. The first-order valence-corrected chi connectivity index (χ1v) is 3.99. The number of rotatable bonds is 5. The summed E-state index contributed by atoms with van der Waals surface area (Å²) in [5.41, 5.74) is 5.47. The van der Waals surface area contributed by atoms with Crippen molar-refractivity contribution in [3.63, 3.8) is 0 Å². The molecule has 0 aromatic rings. The monoisotopic (exact) mass is 145 g/mol. The summed E-state index contributed by atoms with van der Waals surface area (Å²) in [5.74, 6) is 0. The summed E-state index contributed by atoms with van der Waals surface area (Å²) >= 11 is 0. The van der Waals surface area contributed by atoms with Crippen LogP contribution < -0.4 is 5.73 Å². The van der Waals surface area contributed by atoms with Crippen LogP contribution in [0.15, 0.2) is 0 Å². The van der Waals surface area contributed by atoms with Crippen molar-refractivity contribution in [3.8, 4) is 0 Å². The van der Waals surface area contributed by atoms with Crippen molar-refractivity contribution in [2.24, 2.45) is 11.1 Å². The topological polar surface area (TPSA) is 46.2 Å². The van der Waals surface area contributed by atoms with Gasteiger partial charge < -0.3 is 10.8 Å². The molecule has 0 amide bonds. The molecular formula is C8H19NO. The maximum absolute atomic E-state index is 8.97. The Balaban J connectivity index is 3.58. The van der Waals surface area contributed by atoms with E-state index < -0.39 is 0 Å². The lowest BCUT2D eigenvalue weighted by atomic mass is 9.84. The third-order valence-electron chi connectivity index (χ3n) is 2.22. The molecule has 0 spiro atoms. The predicted molar refractivity (Wildman–Crippen MR) is 43.8 cm³/mol. The summed E-state index contributed by atoms with van der Waals surface area (Å²) in [5, 5.41) is 8.97. The fourth-order valence-electron chi connectivity index (χ4n) is 0.896. The van der Waals surface area contributed by atoms with E-state index in [1.54, 1.807) is 0 Å². The molecule has 0 radical (unpaired) electrons. The van der Waals surface area contributed by atoms with E-state index in [0.29, 0.717) is 0 Å². The van der Waals surface area contributed by atoms with E-state index in [0.717, 1.165) is 25.8 Å². The van der Waals surface area contributed by atoms with Crippen LogP contribution in [0, 0.1) is 5.41 Å². The van der Waals surface area contributed by atoms with Gasteiger partial charge in [-0.1, -0.05) is 13.8 Å². The quantitative estimate of drug-likeness (QED) is 0.609. The molecular weight excluding hydrogens is 126 g/mol. The SMILES string of the molecule is CCC(C)(CO)CCCN. The Kier molecular flexibility index (Phi) is 4.65. The third-order valence-corrected chi connectivity index (χ3v) is 2.22. The second-order valence-corrected chi connectivity index (χ2v) is 3.21. The molecule has 0 bridgehead atoms. The molecule has 0 aromatic heterocycles. The van der Waals surface area contributed by atoms with Gasteiger partial charge in [0, 0.05) is 6.61 Å². The minimum Gasteiger partial charge on any atom is -0.396 e. The minimum atomic E-state index is 0.110. The van der Waals surface area contributed by atoms with Crippen molar-refractivity contribution in [3.05, 3.63) is 0 Å². The molecule has 0 aliphatic rings. The fourth-order valence-corrected chi connectivity index (χ4v) is 0.896. The van der Waals surface area contributed by atoms with E-state index in [4.69, 9.17) is 10.8 Å². The second kappa shape index (κ2) is 4.69. The highest BCUT2D eigenvalue weighted by atomic mass is 16.3. The maximum atomic E-state index is 8.97. The zero-order valence-corrected chi connectivity index (χ0v) is 7.06. The van der Waals surface area contributed by atoms with Crippen molar-refractivity contribution in [1.82, 2.24) is 0 Å². The van der Waals surface area contributed by atoms with Gasteiger partial charge >= 0.3 is 0 Å². The van der Waals surface area contributed by atoms with E-state index >= 15 is 0 Å². The molecule has 0 fully saturated rings. The number of hydrogen-bond donors (Lipinski definition) is 2. The van der Waals surface area contributed by atoms with Gasteiger partial charge in [-0.05, 0) is 31.2 Å². The van der Waals surface area contributed by atoms with Gasteiger partial charge in [0.2, 0.25) is 0 Å². The van der Waals surface area contributed by atoms with Gasteiger partial charge in [-0.15, -0.1) is 0 Å². The Bertz CT molecular complexity index is 79.3. The van der Waals surface area contributed by atoms with Crippen molar-refractivity contribution in [1.29, 1.82) is 0 Å². The number of aliphatic hydroxyl groups is 1. The van der Waals surface area contributed by atoms with Crippen molar-refractivity contribution in [2.75, 3.05) is 13.2 Å². The van der Waals surface area contributed by atoms with Crippen LogP contribution in [0.3, 0.4) is 0 Å². The normalized spacial score (nSPS) is 16.8. The van der Waals surface area contributed by atoms with E-state index in [9.17, 15) is 0 Å². The zero-order chi connectivity index (χ0) is 8.04. The first-order valence-electron chi connectivity index (χ1n) is 3.99. The molecule has 0 aliphatic heterocycles. The summed E-state index contributed by atoms with van der Waals surface area (Å²) in [6, 6.07) is 0. The highest BCUT2D eigenvalue weighted by Gasteiger charge is 2.19. The van der Waals surface area contributed by atoms with E-state index in [-0.39, 0.29) is 12.0 Å². The third kappa shape index (κ3) is 3.18. The molecule has 0 saturated heterocycles. The zero-order valence-electron chi connectivity index (χ0n) is 7.06. The lowest BCUT2D eigenvalue weighted by Gasteiger charge is -2.24. The summed E-state index contributed by atoms with van der Waals surface area (Å²) in [4.78, 5) is 0. The van der Waals surface area contributed by atoms with Gasteiger partial charge in [-0.3, -0.25) is 0 Å². The Hall–Kier alpha value is -0.0800. The molecule has 2 heteroatoms. The second-order valence-electron chi connectivity index (χ2n) is 3.21. The van der Waals surface area contributed by atoms with Gasteiger partial charge in [0.1, 0.15) is 0 Å². The van der Waals surface area contributed by atoms with Gasteiger partial charge in [0.25, 0.3) is 0 Å². The molecule has 0 rings (SSSR count). The van der Waals surface area contributed by atoms with E-state index in [1.165, 1.54) is 0 Å². The Labute approximate surface area is 63.4 Å². The van der Waals surface area contributed by atoms with Crippen LogP contribution in [0.1, 0.15) is 33.1 Å². The predicted octanol–water partition coefficient (Wildman–Crippen LogP) is 1.13. The lowest BCUT2D eigenvalue weighted by molar-refractivity contribution is 0.126. The summed E-state index contributed by atoms with van der Waals surface area (Å²) in [7, 11) is 0. The van der Waals surface area contributed by atoms with Crippen LogP contribution in [-0.4, -0.2) is 18.3 Å². The molecule has 0 heterocycles. The first kappa shape index (κ1) is 9.92. The Morgan fingerprint density at radius 2 is 2.10 bits per heavy atom. The van der Waals surface area contributed by atoms with Gasteiger partial charge in [0.05, 0.1) is 0 Å². The number of nitrogens with two attached hydrogens (primary N) is 1. The largest absolute Gasteiger partial charge is 0.396 e. The Morgan fingerprint density at radius 1 is 1.50 bits per heavy atom. The summed E-state index contributed by atoms with van der Waals surface area (Å²) in [6.45, 7) is 5.22. The Morgan fingerprint density at radius 3 is 2.40 bits per heavy atom. The molecule has 1 atom stereocenters. The molecule has 0 aromatic carbocycles. The molecule has 1 unspecified atom stereocenters. The van der Waals surface area contributed by atoms with Crippen molar-refractivity contribution < 1.29 is 5.11 Å². The molecule has 10 heavy (non-hydrogen) atoms. The van der Waals surface area contributed by atoms with Crippen LogP contribution in [-0.2, 0) is 0 Å².